The smallest absolute Gasteiger partial charge is 0.316 e. The van der Waals surface area contributed by atoms with Gasteiger partial charge < -0.3 is 15.6 Å². The van der Waals surface area contributed by atoms with Gasteiger partial charge in [0.05, 0.1) is 5.69 Å². The third kappa shape index (κ3) is 1.62. The molecule has 2 aliphatic carbocycles. The summed E-state index contributed by atoms with van der Waals surface area (Å²) in [6.07, 6.45) is 4.91. The van der Waals surface area contributed by atoms with Crippen molar-refractivity contribution in [1.29, 1.82) is 0 Å². The molecule has 1 aromatic rings. The summed E-state index contributed by atoms with van der Waals surface area (Å²) in [7, 11) is 1.83. The molecule has 3 rings (SSSR count). The number of rotatable bonds is 2. The Bertz CT molecular complexity index is 585. The zero-order chi connectivity index (χ0) is 12.9. The number of aromatic nitrogens is 1. The van der Waals surface area contributed by atoms with Crippen LogP contribution in [0.5, 0.6) is 0 Å². The van der Waals surface area contributed by atoms with E-state index in [1.165, 1.54) is 0 Å². The maximum absolute atomic E-state index is 12.4. The average Bonchev–Trinajstić information content (AvgIpc) is 3.02. The molecular weight excluding hydrogens is 230 g/mol. The average molecular weight is 247 g/mol. The first-order valence-electron chi connectivity index (χ1n) is 6.40. The van der Waals surface area contributed by atoms with Crippen LogP contribution in [0.1, 0.15) is 42.0 Å². The van der Waals surface area contributed by atoms with Gasteiger partial charge in [-0.25, -0.2) is 4.79 Å². The third-order valence-corrected chi connectivity index (χ3v) is 3.93. The van der Waals surface area contributed by atoms with Gasteiger partial charge in [0.1, 0.15) is 0 Å². The van der Waals surface area contributed by atoms with Crippen LogP contribution < -0.4 is 16.6 Å². The van der Waals surface area contributed by atoms with E-state index in [1.54, 1.807) is 4.57 Å². The second-order valence-corrected chi connectivity index (χ2v) is 5.20. The first kappa shape index (κ1) is 11.3. The summed E-state index contributed by atoms with van der Waals surface area (Å²) in [6.45, 7) is 0. The lowest BCUT2D eigenvalue weighted by Crippen LogP contribution is -2.29. The number of hydrogen-bond donors (Lipinski definition) is 2. The highest BCUT2D eigenvalue weighted by atomic mass is 16.2. The monoisotopic (exact) mass is 247 g/mol. The molecule has 0 aromatic carbocycles. The Hall–Kier alpha value is -1.78. The highest BCUT2D eigenvalue weighted by Gasteiger charge is 2.33. The fourth-order valence-electron chi connectivity index (χ4n) is 2.96. The van der Waals surface area contributed by atoms with E-state index in [1.807, 2.05) is 7.05 Å². The highest BCUT2D eigenvalue weighted by Crippen LogP contribution is 2.44. The molecule has 2 amide bonds. The lowest BCUT2D eigenvalue weighted by Gasteiger charge is -2.17. The number of urea groups is 1. The molecule has 0 atom stereocenters. The van der Waals surface area contributed by atoms with Gasteiger partial charge in [0.25, 0.3) is 5.56 Å². The van der Waals surface area contributed by atoms with Crippen LogP contribution in [0.25, 0.3) is 0 Å². The maximum Gasteiger partial charge on any atom is 0.316 e. The molecule has 96 valence electrons. The normalized spacial score (nSPS) is 17.6. The van der Waals surface area contributed by atoms with Crippen molar-refractivity contribution in [3.8, 4) is 0 Å². The molecule has 1 aromatic heterocycles. The van der Waals surface area contributed by atoms with Crippen LogP contribution in [0, 0.1) is 0 Å². The van der Waals surface area contributed by atoms with Gasteiger partial charge in [0.2, 0.25) is 0 Å². The van der Waals surface area contributed by atoms with E-state index in [2.05, 4.69) is 5.32 Å². The molecule has 0 aliphatic heterocycles. The summed E-state index contributed by atoms with van der Waals surface area (Å²) in [5, 5.41) is 2.69. The molecule has 18 heavy (non-hydrogen) atoms. The van der Waals surface area contributed by atoms with Crippen molar-refractivity contribution < 1.29 is 4.79 Å². The number of amides is 2. The Balaban J connectivity index is 2.25. The topological polar surface area (TPSA) is 77.1 Å². The summed E-state index contributed by atoms with van der Waals surface area (Å²) in [6, 6.07) is -0.584. The minimum atomic E-state index is -0.584. The van der Waals surface area contributed by atoms with Crippen LogP contribution in [0.4, 0.5) is 10.5 Å². The predicted octanol–water partition coefficient (Wildman–Crippen LogP) is 1.24. The van der Waals surface area contributed by atoms with Crippen molar-refractivity contribution in [3.63, 3.8) is 0 Å². The molecule has 0 unspecified atom stereocenters. The Kier molecular flexibility index (Phi) is 2.43. The van der Waals surface area contributed by atoms with Crippen molar-refractivity contribution in [2.45, 2.75) is 38.0 Å². The van der Waals surface area contributed by atoms with Crippen LogP contribution in [-0.4, -0.2) is 10.6 Å². The Morgan fingerprint density at radius 1 is 1.39 bits per heavy atom. The molecule has 0 saturated heterocycles. The molecule has 3 N–H and O–H groups in total. The zero-order valence-corrected chi connectivity index (χ0v) is 10.5. The van der Waals surface area contributed by atoms with Gasteiger partial charge in [-0.3, -0.25) is 4.79 Å². The van der Waals surface area contributed by atoms with Gasteiger partial charge >= 0.3 is 6.03 Å². The Morgan fingerprint density at radius 2 is 2.11 bits per heavy atom. The zero-order valence-electron chi connectivity index (χ0n) is 10.5. The molecule has 1 fully saturated rings. The Morgan fingerprint density at radius 3 is 2.72 bits per heavy atom. The second kappa shape index (κ2) is 3.86. The van der Waals surface area contributed by atoms with Crippen LogP contribution in [0.3, 0.4) is 0 Å². The van der Waals surface area contributed by atoms with E-state index in [0.29, 0.717) is 11.6 Å². The van der Waals surface area contributed by atoms with Crippen LogP contribution >= 0.6 is 0 Å². The van der Waals surface area contributed by atoms with Crippen molar-refractivity contribution in [1.82, 2.24) is 4.57 Å². The van der Waals surface area contributed by atoms with Gasteiger partial charge in [-0.2, -0.15) is 0 Å². The minimum absolute atomic E-state index is 0.0295. The number of nitrogens with one attached hydrogen (secondary N) is 1. The van der Waals surface area contributed by atoms with Crippen molar-refractivity contribution in [2.24, 2.45) is 12.8 Å². The highest BCUT2D eigenvalue weighted by molar-refractivity contribution is 5.90. The number of carbonyl (C=O) groups excluding carboxylic acids is 1. The molecule has 2 aliphatic rings. The number of pyridine rings is 1. The maximum atomic E-state index is 12.4. The molecule has 0 bridgehead atoms. The number of anilines is 1. The summed E-state index contributed by atoms with van der Waals surface area (Å²) < 4.78 is 1.75. The van der Waals surface area contributed by atoms with Gasteiger partial charge in [-0.15, -0.1) is 0 Å². The van der Waals surface area contributed by atoms with Crippen molar-refractivity contribution in [2.75, 3.05) is 5.32 Å². The van der Waals surface area contributed by atoms with Crippen molar-refractivity contribution in [3.05, 3.63) is 27.2 Å². The molecular formula is C13H17N3O2. The lowest BCUT2D eigenvalue weighted by molar-refractivity contribution is 0.259. The lowest BCUT2D eigenvalue weighted by atomic mass is 10.0. The third-order valence-electron chi connectivity index (χ3n) is 3.93. The Labute approximate surface area is 105 Å². The summed E-state index contributed by atoms with van der Waals surface area (Å²) in [5.74, 6) is 0.302. The summed E-state index contributed by atoms with van der Waals surface area (Å²) in [5.41, 5.74) is 8.90. The summed E-state index contributed by atoms with van der Waals surface area (Å²) in [4.78, 5) is 23.5. The number of hydrogen-bond acceptors (Lipinski definition) is 2. The predicted molar refractivity (Wildman–Crippen MR) is 68.9 cm³/mol. The number of carbonyl (C=O) groups is 1. The van der Waals surface area contributed by atoms with E-state index in [9.17, 15) is 9.59 Å². The van der Waals surface area contributed by atoms with Crippen LogP contribution in [-0.2, 0) is 19.9 Å². The molecule has 1 heterocycles. The van der Waals surface area contributed by atoms with Crippen molar-refractivity contribution >= 4 is 11.7 Å². The largest absolute Gasteiger partial charge is 0.351 e. The molecule has 5 nitrogen and oxygen atoms in total. The molecule has 0 spiro atoms. The number of nitrogens with zero attached hydrogens (tertiary/aromatic N) is 1. The number of primary amides is 1. The molecule has 1 saturated carbocycles. The van der Waals surface area contributed by atoms with Gasteiger partial charge in [0, 0.05) is 18.3 Å². The SMILES string of the molecule is Cn1c2c(c(NC(N)=O)c(C3CC3)c1=O)CCC2. The second-order valence-electron chi connectivity index (χ2n) is 5.20. The number of nitrogens with two attached hydrogens (primary N) is 1. The first-order valence-corrected chi connectivity index (χ1v) is 6.40. The van der Waals surface area contributed by atoms with Gasteiger partial charge in [-0.1, -0.05) is 0 Å². The quantitative estimate of drug-likeness (QED) is 0.824. The van der Waals surface area contributed by atoms with E-state index >= 15 is 0 Å². The van der Waals surface area contributed by atoms with Crippen LogP contribution in [0.2, 0.25) is 0 Å². The number of fused-ring (bicyclic) bond motifs is 1. The molecule has 0 radical (unpaired) electrons. The standard InChI is InChI=1S/C13H17N3O2/c1-16-9-4-2-3-8(9)11(15-13(14)18)10(12(16)17)7-5-6-7/h7H,2-6H2,1H3,(H3,14,15,18). The van der Waals surface area contributed by atoms with Crippen LogP contribution in [0.15, 0.2) is 4.79 Å². The van der Waals surface area contributed by atoms with Gasteiger partial charge in [-0.05, 0) is 43.6 Å². The van der Waals surface area contributed by atoms with E-state index in [0.717, 1.165) is 48.9 Å². The van der Waals surface area contributed by atoms with E-state index in [4.69, 9.17) is 5.73 Å². The minimum Gasteiger partial charge on any atom is -0.351 e. The fourth-order valence-corrected chi connectivity index (χ4v) is 2.96. The molecule has 5 heteroatoms. The summed E-state index contributed by atoms with van der Waals surface area (Å²) >= 11 is 0. The van der Waals surface area contributed by atoms with Gasteiger partial charge in [0.15, 0.2) is 0 Å². The fraction of sp³-hybridized carbons (Fsp3) is 0.538. The van der Waals surface area contributed by atoms with E-state index < -0.39 is 6.03 Å². The van der Waals surface area contributed by atoms with E-state index in [-0.39, 0.29) is 5.56 Å². The first-order chi connectivity index (χ1) is 8.59.